The summed E-state index contributed by atoms with van der Waals surface area (Å²) in [6, 6.07) is 5.15. The molecule has 0 unspecified atom stereocenters. The fraction of sp³-hybridized carbons (Fsp3) is 0.308. The third-order valence-corrected chi connectivity index (χ3v) is 2.26. The smallest absolute Gasteiger partial charge is 0.338 e. The SMILES string of the molecule is C=C(C(=O)OCC)c1ccc(OC)cc1OC. The number of hydrogen-bond donors (Lipinski definition) is 0. The highest BCUT2D eigenvalue weighted by Gasteiger charge is 2.15. The maximum atomic E-state index is 11.6. The highest BCUT2D eigenvalue weighted by atomic mass is 16.5. The maximum Gasteiger partial charge on any atom is 0.338 e. The Balaban J connectivity index is 3.05. The lowest BCUT2D eigenvalue weighted by Crippen LogP contribution is -2.07. The Bertz CT molecular complexity index is 423. The van der Waals surface area contributed by atoms with Crippen LogP contribution in [0.5, 0.6) is 11.5 Å². The maximum absolute atomic E-state index is 11.6. The van der Waals surface area contributed by atoms with Crippen LogP contribution in [0.15, 0.2) is 24.8 Å². The molecule has 0 spiro atoms. The summed E-state index contributed by atoms with van der Waals surface area (Å²) in [6.07, 6.45) is 0. The Labute approximate surface area is 101 Å². The van der Waals surface area contributed by atoms with Crippen LogP contribution in [0.2, 0.25) is 0 Å². The van der Waals surface area contributed by atoms with Gasteiger partial charge in [-0.05, 0) is 19.1 Å². The molecule has 1 rings (SSSR count). The van der Waals surface area contributed by atoms with E-state index in [1.165, 1.54) is 7.11 Å². The van der Waals surface area contributed by atoms with Crippen LogP contribution in [0, 0.1) is 0 Å². The Morgan fingerprint density at radius 1 is 1.29 bits per heavy atom. The summed E-state index contributed by atoms with van der Waals surface area (Å²) in [7, 11) is 3.09. The van der Waals surface area contributed by atoms with Crippen molar-refractivity contribution in [1.82, 2.24) is 0 Å². The van der Waals surface area contributed by atoms with Crippen molar-refractivity contribution in [3.05, 3.63) is 30.3 Å². The van der Waals surface area contributed by atoms with Crippen molar-refractivity contribution in [2.24, 2.45) is 0 Å². The number of rotatable bonds is 5. The van der Waals surface area contributed by atoms with Crippen molar-refractivity contribution in [2.45, 2.75) is 6.92 Å². The average Bonchev–Trinajstić information content (AvgIpc) is 2.37. The van der Waals surface area contributed by atoms with Gasteiger partial charge in [0.25, 0.3) is 0 Å². The Hall–Kier alpha value is -1.97. The molecule has 0 atom stereocenters. The van der Waals surface area contributed by atoms with Gasteiger partial charge in [-0.2, -0.15) is 0 Å². The third kappa shape index (κ3) is 3.00. The molecular weight excluding hydrogens is 220 g/mol. The predicted molar refractivity (Wildman–Crippen MR) is 65.2 cm³/mol. The number of carbonyl (C=O) groups is 1. The van der Waals surface area contributed by atoms with Crippen LogP contribution in [0.1, 0.15) is 12.5 Å². The first-order valence-electron chi connectivity index (χ1n) is 5.22. The molecule has 4 heteroatoms. The molecule has 0 radical (unpaired) electrons. The van der Waals surface area contributed by atoms with E-state index < -0.39 is 5.97 Å². The highest BCUT2D eigenvalue weighted by Crippen LogP contribution is 2.29. The van der Waals surface area contributed by atoms with E-state index in [0.29, 0.717) is 23.7 Å². The monoisotopic (exact) mass is 236 g/mol. The molecule has 17 heavy (non-hydrogen) atoms. The Morgan fingerprint density at radius 2 is 2.00 bits per heavy atom. The molecule has 0 aromatic heterocycles. The summed E-state index contributed by atoms with van der Waals surface area (Å²) in [5.74, 6) is 0.737. The summed E-state index contributed by atoms with van der Waals surface area (Å²) in [5.41, 5.74) is 0.873. The van der Waals surface area contributed by atoms with Gasteiger partial charge in [-0.3, -0.25) is 0 Å². The molecule has 0 heterocycles. The molecule has 0 aliphatic carbocycles. The lowest BCUT2D eigenvalue weighted by Gasteiger charge is -2.11. The van der Waals surface area contributed by atoms with Crippen molar-refractivity contribution in [1.29, 1.82) is 0 Å². The van der Waals surface area contributed by atoms with Crippen LogP contribution in [0.4, 0.5) is 0 Å². The standard InChI is InChI=1S/C13H16O4/c1-5-17-13(14)9(2)11-7-6-10(15-3)8-12(11)16-4/h6-8H,2,5H2,1,3-4H3. The summed E-state index contributed by atoms with van der Waals surface area (Å²) in [6.45, 7) is 5.77. The zero-order valence-corrected chi connectivity index (χ0v) is 10.3. The van der Waals surface area contributed by atoms with Gasteiger partial charge in [0.1, 0.15) is 11.5 Å². The molecule has 0 saturated carbocycles. The number of carbonyl (C=O) groups excluding carboxylic acids is 1. The third-order valence-electron chi connectivity index (χ3n) is 2.26. The van der Waals surface area contributed by atoms with Crippen molar-refractivity contribution in [3.8, 4) is 11.5 Å². The molecule has 1 aromatic rings. The topological polar surface area (TPSA) is 44.8 Å². The van der Waals surface area contributed by atoms with Crippen LogP contribution in [0.3, 0.4) is 0 Å². The van der Waals surface area contributed by atoms with Crippen LogP contribution in [-0.2, 0) is 9.53 Å². The van der Waals surface area contributed by atoms with Crippen LogP contribution in [0.25, 0.3) is 5.57 Å². The van der Waals surface area contributed by atoms with Crippen molar-refractivity contribution in [3.63, 3.8) is 0 Å². The number of hydrogen-bond acceptors (Lipinski definition) is 4. The van der Waals surface area contributed by atoms with E-state index >= 15 is 0 Å². The first-order valence-corrected chi connectivity index (χ1v) is 5.22. The molecule has 92 valence electrons. The average molecular weight is 236 g/mol. The zero-order valence-electron chi connectivity index (χ0n) is 10.3. The summed E-state index contributed by atoms with van der Waals surface area (Å²) in [5, 5.41) is 0. The second-order valence-corrected chi connectivity index (χ2v) is 3.27. The second-order valence-electron chi connectivity index (χ2n) is 3.27. The predicted octanol–water partition coefficient (Wildman–Crippen LogP) is 2.28. The first kappa shape index (κ1) is 13.1. The molecule has 0 bridgehead atoms. The summed E-state index contributed by atoms with van der Waals surface area (Å²) >= 11 is 0. The molecular formula is C13H16O4. The second kappa shape index (κ2) is 5.94. The lowest BCUT2D eigenvalue weighted by molar-refractivity contribution is -0.136. The van der Waals surface area contributed by atoms with Crippen molar-refractivity contribution < 1.29 is 19.0 Å². The summed E-state index contributed by atoms with van der Waals surface area (Å²) < 4.78 is 15.2. The zero-order chi connectivity index (χ0) is 12.8. The van der Waals surface area contributed by atoms with E-state index in [1.54, 1.807) is 32.2 Å². The van der Waals surface area contributed by atoms with Gasteiger partial charge in [0.15, 0.2) is 0 Å². The highest BCUT2D eigenvalue weighted by molar-refractivity contribution is 6.16. The minimum absolute atomic E-state index is 0.270. The van der Waals surface area contributed by atoms with Crippen molar-refractivity contribution in [2.75, 3.05) is 20.8 Å². The first-order chi connectivity index (χ1) is 8.13. The largest absolute Gasteiger partial charge is 0.497 e. The van der Waals surface area contributed by atoms with E-state index in [9.17, 15) is 4.79 Å². The van der Waals surface area contributed by atoms with E-state index in [1.807, 2.05) is 0 Å². The van der Waals surface area contributed by atoms with Gasteiger partial charge in [-0.15, -0.1) is 0 Å². The molecule has 0 fully saturated rings. The number of ether oxygens (including phenoxy) is 3. The van der Waals surface area contributed by atoms with E-state index in [2.05, 4.69) is 6.58 Å². The van der Waals surface area contributed by atoms with Gasteiger partial charge in [-0.1, -0.05) is 6.58 Å². The molecule has 0 N–H and O–H groups in total. The van der Waals surface area contributed by atoms with E-state index in [-0.39, 0.29) is 5.57 Å². The lowest BCUT2D eigenvalue weighted by atomic mass is 10.1. The molecule has 0 aliphatic heterocycles. The molecule has 0 saturated heterocycles. The van der Waals surface area contributed by atoms with Gasteiger partial charge in [-0.25, -0.2) is 4.79 Å². The molecule has 4 nitrogen and oxygen atoms in total. The van der Waals surface area contributed by atoms with Crippen LogP contribution < -0.4 is 9.47 Å². The van der Waals surface area contributed by atoms with Gasteiger partial charge in [0.2, 0.25) is 0 Å². The van der Waals surface area contributed by atoms with E-state index in [0.717, 1.165) is 0 Å². The van der Waals surface area contributed by atoms with Gasteiger partial charge in [0, 0.05) is 11.6 Å². The fourth-order valence-corrected chi connectivity index (χ4v) is 1.38. The van der Waals surface area contributed by atoms with Gasteiger partial charge < -0.3 is 14.2 Å². The molecule has 1 aromatic carbocycles. The number of methoxy groups -OCH3 is 2. The normalized spacial score (nSPS) is 9.59. The minimum Gasteiger partial charge on any atom is -0.497 e. The van der Waals surface area contributed by atoms with Gasteiger partial charge >= 0.3 is 5.97 Å². The van der Waals surface area contributed by atoms with Gasteiger partial charge in [0.05, 0.1) is 26.4 Å². The van der Waals surface area contributed by atoms with Crippen LogP contribution in [-0.4, -0.2) is 26.8 Å². The number of esters is 1. The number of benzene rings is 1. The minimum atomic E-state index is -0.448. The Morgan fingerprint density at radius 3 is 2.53 bits per heavy atom. The fourth-order valence-electron chi connectivity index (χ4n) is 1.38. The van der Waals surface area contributed by atoms with Crippen molar-refractivity contribution >= 4 is 11.5 Å². The Kier molecular flexibility index (Phi) is 4.57. The van der Waals surface area contributed by atoms with Crippen LogP contribution >= 0.6 is 0 Å². The molecule has 0 amide bonds. The van der Waals surface area contributed by atoms with E-state index in [4.69, 9.17) is 14.2 Å². The molecule has 0 aliphatic rings. The summed E-state index contributed by atoms with van der Waals surface area (Å²) in [4.78, 5) is 11.6. The quantitative estimate of drug-likeness (QED) is 0.581.